The second kappa shape index (κ2) is 14.4. The molecule has 1 rings (SSSR count). The van der Waals surface area contributed by atoms with Gasteiger partial charge in [0.2, 0.25) is 0 Å². The lowest BCUT2D eigenvalue weighted by Gasteiger charge is -2.11. The maximum Gasteiger partial charge on any atom is 0.269 e. The Hall–Kier alpha value is -2.56. The van der Waals surface area contributed by atoms with Gasteiger partial charge in [-0.05, 0) is 71.5 Å². The molecule has 1 heterocycles. The monoisotopic (exact) mass is 421 g/mol. The number of nitrogens with two attached hydrogens (primary N) is 2. The summed E-state index contributed by atoms with van der Waals surface area (Å²) in [6, 6.07) is 2.78. The minimum Gasteiger partial charge on any atom is -0.352 e. The van der Waals surface area contributed by atoms with E-state index >= 15 is 0 Å². The second-order valence-corrected chi connectivity index (χ2v) is 7.19. The third kappa shape index (κ3) is 9.77. The van der Waals surface area contributed by atoms with Crippen LogP contribution in [0.2, 0.25) is 0 Å². The van der Waals surface area contributed by atoms with Crippen molar-refractivity contribution in [1.82, 2.24) is 25.8 Å². The molecule has 3 amide bonds. The summed E-state index contributed by atoms with van der Waals surface area (Å²) in [5, 5.41) is 8.21. The lowest BCUT2D eigenvalue weighted by atomic mass is 10.1. The molecule has 0 radical (unpaired) electrons. The zero-order valence-corrected chi connectivity index (χ0v) is 18.0. The van der Waals surface area contributed by atoms with Gasteiger partial charge >= 0.3 is 0 Å². The van der Waals surface area contributed by atoms with Crippen LogP contribution < -0.4 is 27.4 Å². The van der Waals surface area contributed by atoms with Crippen molar-refractivity contribution in [1.29, 1.82) is 0 Å². The Morgan fingerprint density at radius 2 is 1.27 bits per heavy atom. The van der Waals surface area contributed by atoms with Crippen LogP contribution in [0.15, 0.2) is 12.1 Å². The second-order valence-electron chi connectivity index (χ2n) is 7.19. The molecular formula is C20H35N7O3. The van der Waals surface area contributed by atoms with Crippen molar-refractivity contribution in [2.75, 3.05) is 53.4 Å². The molecule has 0 atom stereocenters. The third-order valence-electron chi connectivity index (χ3n) is 4.20. The molecule has 0 aliphatic rings. The van der Waals surface area contributed by atoms with E-state index in [9.17, 15) is 14.4 Å². The van der Waals surface area contributed by atoms with Crippen molar-refractivity contribution in [3.8, 4) is 0 Å². The fourth-order valence-electron chi connectivity index (χ4n) is 2.54. The molecule has 10 nitrogen and oxygen atoms in total. The summed E-state index contributed by atoms with van der Waals surface area (Å²) in [4.78, 5) is 43.6. The first kappa shape index (κ1) is 25.5. The molecule has 0 bridgehead atoms. The quantitative estimate of drug-likeness (QED) is 0.249. The van der Waals surface area contributed by atoms with E-state index in [1.54, 1.807) is 0 Å². The number of amides is 3. The van der Waals surface area contributed by atoms with E-state index < -0.39 is 11.8 Å². The number of unbranched alkanes of at least 4 members (excludes halogenated alkanes) is 1. The topological polar surface area (TPSA) is 155 Å². The van der Waals surface area contributed by atoms with Crippen molar-refractivity contribution in [2.24, 2.45) is 11.5 Å². The van der Waals surface area contributed by atoms with E-state index in [4.69, 9.17) is 11.5 Å². The highest BCUT2D eigenvalue weighted by atomic mass is 16.2. The Morgan fingerprint density at radius 1 is 0.800 bits per heavy atom. The van der Waals surface area contributed by atoms with Gasteiger partial charge in [-0.25, -0.2) is 4.98 Å². The first-order chi connectivity index (χ1) is 14.4. The third-order valence-corrected chi connectivity index (χ3v) is 4.20. The number of rotatable bonds is 14. The normalized spacial score (nSPS) is 10.7. The Labute approximate surface area is 178 Å². The van der Waals surface area contributed by atoms with E-state index in [1.807, 2.05) is 14.1 Å². The van der Waals surface area contributed by atoms with Crippen molar-refractivity contribution >= 4 is 17.7 Å². The largest absolute Gasteiger partial charge is 0.352 e. The molecule has 0 aliphatic carbocycles. The van der Waals surface area contributed by atoms with Crippen molar-refractivity contribution in [3.05, 3.63) is 29.1 Å². The van der Waals surface area contributed by atoms with Gasteiger partial charge in [-0.2, -0.15) is 0 Å². The number of carbonyl (C=O) groups excluding carboxylic acids is 3. The first-order valence-electron chi connectivity index (χ1n) is 10.3. The summed E-state index contributed by atoms with van der Waals surface area (Å²) >= 11 is 0. The van der Waals surface area contributed by atoms with Crippen LogP contribution in [0, 0.1) is 0 Å². The van der Waals surface area contributed by atoms with Crippen molar-refractivity contribution < 1.29 is 14.4 Å². The minimum atomic E-state index is -0.458. The van der Waals surface area contributed by atoms with Gasteiger partial charge in [0.15, 0.2) is 0 Å². The van der Waals surface area contributed by atoms with Crippen LogP contribution in [0.25, 0.3) is 0 Å². The van der Waals surface area contributed by atoms with E-state index in [0.717, 1.165) is 19.4 Å². The lowest BCUT2D eigenvalue weighted by Crippen LogP contribution is -2.31. The summed E-state index contributed by atoms with van der Waals surface area (Å²) in [6.07, 6.45) is 3.01. The molecule has 30 heavy (non-hydrogen) atoms. The number of hydrogen-bond acceptors (Lipinski definition) is 7. The number of aromatic nitrogens is 1. The van der Waals surface area contributed by atoms with E-state index in [2.05, 4.69) is 25.8 Å². The first-order valence-corrected chi connectivity index (χ1v) is 10.3. The molecule has 7 N–H and O–H groups in total. The predicted molar refractivity (Wildman–Crippen MR) is 116 cm³/mol. The number of nitrogens with one attached hydrogen (secondary N) is 3. The number of hydrogen-bond donors (Lipinski definition) is 5. The maximum atomic E-state index is 12.6. The number of pyridine rings is 1. The van der Waals surface area contributed by atoms with E-state index in [1.165, 1.54) is 12.1 Å². The van der Waals surface area contributed by atoms with Crippen LogP contribution in [-0.2, 0) is 0 Å². The van der Waals surface area contributed by atoms with Crippen molar-refractivity contribution in [2.45, 2.75) is 25.7 Å². The predicted octanol–water partition coefficient (Wildman–Crippen LogP) is -0.690. The molecule has 0 saturated heterocycles. The Balaban J connectivity index is 2.89. The summed E-state index contributed by atoms with van der Waals surface area (Å²) in [5.41, 5.74) is 11.1. The maximum absolute atomic E-state index is 12.6. The molecule has 1 aromatic heterocycles. The van der Waals surface area contributed by atoms with Gasteiger partial charge in [0, 0.05) is 25.2 Å². The lowest BCUT2D eigenvalue weighted by molar-refractivity contribution is 0.0944. The van der Waals surface area contributed by atoms with Gasteiger partial charge in [-0.15, -0.1) is 0 Å². The highest BCUT2D eigenvalue weighted by Gasteiger charge is 2.17. The molecule has 10 heteroatoms. The highest BCUT2D eigenvalue weighted by molar-refractivity contribution is 6.02. The van der Waals surface area contributed by atoms with Crippen LogP contribution in [0.4, 0.5) is 0 Å². The SMILES string of the molecule is CN(C)CCCCNC(=O)c1cc(C(=O)NCCCN)nc(C(=O)NCCCN)c1. The fraction of sp³-hybridized carbons (Fsp3) is 0.600. The van der Waals surface area contributed by atoms with Crippen molar-refractivity contribution in [3.63, 3.8) is 0 Å². The van der Waals surface area contributed by atoms with Crippen LogP contribution in [0.5, 0.6) is 0 Å². The molecule has 0 unspecified atom stereocenters. The Morgan fingerprint density at radius 3 is 1.73 bits per heavy atom. The van der Waals surface area contributed by atoms with E-state index in [0.29, 0.717) is 45.6 Å². The van der Waals surface area contributed by atoms with Gasteiger partial charge in [0.1, 0.15) is 11.4 Å². The molecule has 0 aromatic carbocycles. The molecule has 1 aromatic rings. The molecule has 0 spiro atoms. The molecular weight excluding hydrogens is 386 g/mol. The Kier molecular flexibility index (Phi) is 12.3. The van der Waals surface area contributed by atoms with Crippen LogP contribution in [0.3, 0.4) is 0 Å². The van der Waals surface area contributed by atoms with Gasteiger partial charge in [-0.1, -0.05) is 0 Å². The summed E-state index contributed by atoms with van der Waals surface area (Å²) in [7, 11) is 3.99. The van der Waals surface area contributed by atoms with E-state index in [-0.39, 0.29) is 22.9 Å². The van der Waals surface area contributed by atoms with Gasteiger partial charge in [0.05, 0.1) is 0 Å². The molecule has 168 valence electrons. The smallest absolute Gasteiger partial charge is 0.269 e. The summed E-state index contributed by atoms with van der Waals surface area (Å²) < 4.78 is 0. The summed E-state index contributed by atoms with van der Waals surface area (Å²) in [6.45, 7) is 3.10. The average molecular weight is 422 g/mol. The zero-order chi connectivity index (χ0) is 22.4. The highest BCUT2D eigenvalue weighted by Crippen LogP contribution is 2.08. The average Bonchev–Trinajstić information content (AvgIpc) is 2.73. The fourth-order valence-corrected chi connectivity index (χ4v) is 2.54. The van der Waals surface area contributed by atoms with Crippen LogP contribution >= 0.6 is 0 Å². The van der Waals surface area contributed by atoms with Gasteiger partial charge < -0.3 is 32.3 Å². The number of carbonyl (C=O) groups is 3. The number of nitrogens with zero attached hydrogens (tertiary/aromatic N) is 2. The van der Waals surface area contributed by atoms with Crippen LogP contribution in [0.1, 0.15) is 57.0 Å². The molecule has 0 aliphatic heterocycles. The minimum absolute atomic E-state index is 0.0104. The standard InChI is InChI=1S/C20H35N7O3/c1-27(2)12-4-3-9-23-18(28)15-13-16(19(29)24-10-5-7-21)26-17(14-15)20(30)25-11-6-8-22/h13-14H,3-12,21-22H2,1-2H3,(H,23,28)(H,24,29)(H,25,30). The van der Waals surface area contributed by atoms with Crippen LogP contribution in [-0.4, -0.2) is 81.0 Å². The van der Waals surface area contributed by atoms with Gasteiger partial charge in [-0.3, -0.25) is 14.4 Å². The molecule has 0 fully saturated rings. The van der Waals surface area contributed by atoms with Gasteiger partial charge in [0.25, 0.3) is 17.7 Å². The molecule has 0 saturated carbocycles. The zero-order valence-electron chi connectivity index (χ0n) is 18.0. The summed E-state index contributed by atoms with van der Waals surface area (Å²) in [5.74, 6) is -1.27. The Bertz CT molecular complexity index is 655.